The lowest BCUT2D eigenvalue weighted by atomic mass is 10.0. The van der Waals surface area contributed by atoms with Crippen LogP contribution < -0.4 is 4.72 Å². The molecule has 2 unspecified atom stereocenters. The Kier molecular flexibility index (Phi) is 4.90. The Morgan fingerprint density at radius 3 is 2.27 bits per heavy atom. The second-order valence-electron chi connectivity index (χ2n) is 4.86. The lowest BCUT2D eigenvalue weighted by Gasteiger charge is -2.20. The van der Waals surface area contributed by atoms with Gasteiger partial charge in [0.05, 0.1) is 11.0 Å². The third-order valence-electron chi connectivity index (χ3n) is 3.13. The molecule has 0 aromatic heterocycles. The predicted molar refractivity (Wildman–Crippen MR) is 77.5 cm³/mol. The molecule has 0 amide bonds. The number of nitrogens with one attached hydrogen (secondary N) is 1. The standard InChI is InChI=1S/C15H15F2NO3S/c1-10(15(19)11-5-7-12(16)8-6-11)18-22(20,21)14-4-2-3-13(17)9-14/h2-10,15,18-19H,1H3. The van der Waals surface area contributed by atoms with Gasteiger partial charge in [0, 0.05) is 6.04 Å². The van der Waals surface area contributed by atoms with Crippen LogP contribution in [0.25, 0.3) is 0 Å². The second kappa shape index (κ2) is 6.51. The van der Waals surface area contributed by atoms with Crippen LogP contribution in [-0.4, -0.2) is 19.6 Å². The maximum absolute atomic E-state index is 13.1. The summed E-state index contributed by atoms with van der Waals surface area (Å²) in [5.41, 5.74) is 0.371. The van der Waals surface area contributed by atoms with E-state index in [9.17, 15) is 22.3 Å². The minimum absolute atomic E-state index is 0.231. The van der Waals surface area contributed by atoms with Crippen molar-refractivity contribution in [3.8, 4) is 0 Å². The smallest absolute Gasteiger partial charge is 0.241 e. The molecule has 2 N–H and O–H groups in total. The van der Waals surface area contributed by atoms with E-state index in [1.54, 1.807) is 0 Å². The number of sulfonamides is 1. The van der Waals surface area contributed by atoms with E-state index in [4.69, 9.17) is 0 Å². The molecule has 0 heterocycles. The number of hydrogen-bond acceptors (Lipinski definition) is 3. The zero-order chi connectivity index (χ0) is 16.3. The SMILES string of the molecule is CC(NS(=O)(=O)c1cccc(F)c1)C(O)c1ccc(F)cc1. The Balaban J connectivity index is 2.16. The Morgan fingerprint density at radius 1 is 1.05 bits per heavy atom. The van der Waals surface area contributed by atoms with Crippen molar-refractivity contribution >= 4 is 10.0 Å². The molecule has 0 radical (unpaired) electrons. The van der Waals surface area contributed by atoms with Gasteiger partial charge in [0.2, 0.25) is 10.0 Å². The van der Waals surface area contributed by atoms with Gasteiger partial charge in [0.25, 0.3) is 0 Å². The molecule has 0 bridgehead atoms. The highest BCUT2D eigenvalue weighted by molar-refractivity contribution is 7.89. The summed E-state index contributed by atoms with van der Waals surface area (Å²) in [4.78, 5) is -0.231. The molecule has 2 atom stereocenters. The first-order chi connectivity index (χ1) is 10.3. The molecule has 0 spiro atoms. The number of halogens is 2. The van der Waals surface area contributed by atoms with Crippen LogP contribution in [0.2, 0.25) is 0 Å². The highest BCUT2D eigenvalue weighted by atomic mass is 32.2. The van der Waals surface area contributed by atoms with Crippen molar-refractivity contribution in [1.82, 2.24) is 4.72 Å². The maximum atomic E-state index is 13.1. The van der Waals surface area contributed by atoms with Gasteiger partial charge in [-0.3, -0.25) is 0 Å². The van der Waals surface area contributed by atoms with Gasteiger partial charge in [0.15, 0.2) is 0 Å². The van der Waals surface area contributed by atoms with Crippen molar-refractivity contribution in [3.05, 3.63) is 65.7 Å². The van der Waals surface area contributed by atoms with Gasteiger partial charge in [0.1, 0.15) is 11.6 Å². The summed E-state index contributed by atoms with van der Waals surface area (Å²) < 4.78 is 52.5. The number of rotatable bonds is 5. The minimum atomic E-state index is -3.97. The lowest BCUT2D eigenvalue weighted by Crippen LogP contribution is -2.37. The fraction of sp³-hybridized carbons (Fsp3) is 0.200. The number of benzene rings is 2. The van der Waals surface area contributed by atoms with Crippen molar-refractivity contribution in [1.29, 1.82) is 0 Å². The molecule has 22 heavy (non-hydrogen) atoms. The average Bonchev–Trinajstić information content (AvgIpc) is 2.47. The van der Waals surface area contributed by atoms with Crippen LogP contribution in [-0.2, 0) is 10.0 Å². The van der Waals surface area contributed by atoms with Crippen LogP contribution in [0.4, 0.5) is 8.78 Å². The zero-order valence-electron chi connectivity index (χ0n) is 11.7. The van der Waals surface area contributed by atoms with E-state index < -0.39 is 33.8 Å². The summed E-state index contributed by atoms with van der Waals surface area (Å²) in [6, 6.07) is 8.76. The van der Waals surface area contributed by atoms with Crippen LogP contribution >= 0.6 is 0 Å². The van der Waals surface area contributed by atoms with E-state index in [0.717, 1.165) is 12.1 Å². The molecule has 0 saturated heterocycles. The summed E-state index contributed by atoms with van der Waals surface area (Å²) >= 11 is 0. The monoisotopic (exact) mass is 327 g/mol. The predicted octanol–water partition coefficient (Wildman–Crippen LogP) is 2.37. The fourth-order valence-corrected chi connectivity index (χ4v) is 3.24. The number of hydrogen-bond donors (Lipinski definition) is 2. The number of aliphatic hydroxyl groups excluding tert-OH is 1. The molecule has 118 valence electrons. The molecule has 4 nitrogen and oxygen atoms in total. The van der Waals surface area contributed by atoms with Crippen LogP contribution in [0, 0.1) is 11.6 Å². The van der Waals surface area contributed by atoms with Gasteiger partial charge >= 0.3 is 0 Å². The molecular weight excluding hydrogens is 312 g/mol. The largest absolute Gasteiger partial charge is 0.387 e. The molecule has 2 aromatic carbocycles. The van der Waals surface area contributed by atoms with Gasteiger partial charge < -0.3 is 5.11 Å². The van der Waals surface area contributed by atoms with Crippen LogP contribution in [0.5, 0.6) is 0 Å². The average molecular weight is 327 g/mol. The summed E-state index contributed by atoms with van der Waals surface area (Å²) in [6.07, 6.45) is -1.16. The third-order valence-corrected chi connectivity index (χ3v) is 4.69. The van der Waals surface area contributed by atoms with E-state index in [1.807, 2.05) is 0 Å². The topological polar surface area (TPSA) is 66.4 Å². The van der Waals surface area contributed by atoms with E-state index in [2.05, 4.69) is 4.72 Å². The molecule has 7 heteroatoms. The van der Waals surface area contributed by atoms with Crippen molar-refractivity contribution in [2.45, 2.75) is 24.0 Å². The molecule has 0 fully saturated rings. The first kappa shape index (κ1) is 16.5. The molecule has 0 aliphatic carbocycles. The highest BCUT2D eigenvalue weighted by Crippen LogP contribution is 2.19. The van der Waals surface area contributed by atoms with Crippen molar-refractivity contribution in [2.75, 3.05) is 0 Å². The highest BCUT2D eigenvalue weighted by Gasteiger charge is 2.23. The summed E-state index contributed by atoms with van der Waals surface area (Å²) in [5.74, 6) is -1.13. The Labute approximate surface area is 127 Å². The first-order valence-corrected chi connectivity index (χ1v) is 7.99. The van der Waals surface area contributed by atoms with E-state index >= 15 is 0 Å². The van der Waals surface area contributed by atoms with Crippen molar-refractivity contribution in [2.24, 2.45) is 0 Å². The van der Waals surface area contributed by atoms with Crippen LogP contribution in [0.1, 0.15) is 18.6 Å². The molecule has 0 aliphatic heterocycles. The van der Waals surface area contributed by atoms with Gasteiger partial charge in [-0.2, -0.15) is 0 Å². The normalized spacial score (nSPS) is 14.5. The fourth-order valence-electron chi connectivity index (χ4n) is 1.96. The second-order valence-corrected chi connectivity index (χ2v) is 6.58. The minimum Gasteiger partial charge on any atom is -0.387 e. The van der Waals surface area contributed by atoms with E-state index in [1.165, 1.54) is 43.3 Å². The summed E-state index contributed by atoms with van der Waals surface area (Å²) in [7, 11) is -3.97. The maximum Gasteiger partial charge on any atom is 0.241 e. The van der Waals surface area contributed by atoms with Gasteiger partial charge in [-0.1, -0.05) is 18.2 Å². The zero-order valence-corrected chi connectivity index (χ0v) is 12.5. The van der Waals surface area contributed by atoms with Crippen molar-refractivity contribution in [3.63, 3.8) is 0 Å². The van der Waals surface area contributed by atoms with Crippen molar-refractivity contribution < 1.29 is 22.3 Å². The van der Waals surface area contributed by atoms with Crippen LogP contribution in [0.3, 0.4) is 0 Å². The Morgan fingerprint density at radius 2 is 1.68 bits per heavy atom. The summed E-state index contributed by atoms with van der Waals surface area (Å²) in [5, 5.41) is 10.1. The Hall–Kier alpha value is -1.83. The van der Waals surface area contributed by atoms with Gasteiger partial charge in [-0.05, 0) is 42.8 Å². The molecule has 0 aliphatic rings. The third kappa shape index (κ3) is 3.88. The first-order valence-electron chi connectivity index (χ1n) is 6.51. The number of aliphatic hydroxyl groups is 1. The van der Waals surface area contributed by atoms with Gasteiger partial charge in [-0.15, -0.1) is 0 Å². The Bertz CT molecular complexity index is 748. The molecule has 2 aromatic rings. The molecule has 0 saturated carbocycles. The molecule has 2 rings (SSSR count). The molecular formula is C15H15F2NO3S. The quantitative estimate of drug-likeness (QED) is 0.886. The van der Waals surface area contributed by atoms with Crippen LogP contribution in [0.15, 0.2) is 53.4 Å². The van der Waals surface area contributed by atoms with E-state index in [-0.39, 0.29) is 4.90 Å². The lowest BCUT2D eigenvalue weighted by molar-refractivity contribution is 0.146. The summed E-state index contributed by atoms with van der Waals surface area (Å²) in [6.45, 7) is 1.46. The van der Waals surface area contributed by atoms with E-state index in [0.29, 0.717) is 5.56 Å². The van der Waals surface area contributed by atoms with Gasteiger partial charge in [-0.25, -0.2) is 21.9 Å².